The molecule has 7 nitrogen and oxygen atoms in total. The van der Waals surface area contributed by atoms with Crippen molar-refractivity contribution in [3.8, 4) is 0 Å². The summed E-state index contributed by atoms with van der Waals surface area (Å²) in [5, 5.41) is 14.3. The second-order valence-electron chi connectivity index (χ2n) is 5.14. The molecule has 1 heterocycles. The van der Waals surface area contributed by atoms with Crippen LogP contribution in [-0.2, 0) is 10.0 Å². The highest BCUT2D eigenvalue weighted by atomic mass is 32.2. The van der Waals surface area contributed by atoms with Crippen molar-refractivity contribution in [2.75, 3.05) is 33.3 Å². The van der Waals surface area contributed by atoms with Crippen LogP contribution in [0.3, 0.4) is 0 Å². The zero-order valence-corrected chi connectivity index (χ0v) is 12.6. The molecular weight excluding hydrogens is 294 g/mol. The molecule has 116 valence electrons. The second-order valence-corrected chi connectivity index (χ2v) is 6.70. The Morgan fingerprint density at radius 1 is 1.33 bits per heavy atom. The second kappa shape index (κ2) is 6.10. The largest absolute Gasteiger partial charge is 0.395 e. The highest BCUT2D eigenvalue weighted by Crippen LogP contribution is 2.14. The fraction of sp³-hybridized carbons (Fsp3) is 0.462. The minimum atomic E-state index is -3.75. The number of hydrogen-bond donors (Lipinski definition) is 2. The van der Waals surface area contributed by atoms with Crippen molar-refractivity contribution in [3.63, 3.8) is 0 Å². The Labute approximate surface area is 124 Å². The molecule has 3 N–H and O–H groups in total. The van der Waals surface area contributed by atoms with Crippen molar-refractivity contribution in [1.82, 2.24) is 9.80 Å². The Kier molecular flexibility index (Phi) is 4.62. The van der Waals surface area contributed by atoms with Crippen LogP contribution in [0.15, 0.2) is 29.2 Å². The molecule has 1 aromatic carbocycles. The molecule has 1 atom stereocenters. The molecule has 0 unspecified atom stereocenters. The molecule has 1 aliphatic heterocycles. The Morgan fingerprint density at radius 3 is 2.48 bits per heavy atom. The lowest BCUT2D eigenvalue weighted by molar-refractivity contribution is 0.0421. The van der Waals surface area contributed by atoms with Gasteiger partial charge in [-0.05, 0) is 31.3 Å². The van der Waals surface area contributed by atoms with E-state index in [9.17, 15) is 18.3 Å². The molecule has 0 aromatic heterocycles. The lowest BCUT2D eigenvalue weighted by atomic mass is 10.1. The first kappa shape index (κ1) is 15.9. The van der Waals surface area contributed by atoms with Gasteiger partial charge in [-0.3, -0.25) is 9.69 Å². The fourth-order valence-corrected chi connectivity index (χ4v) is 2.81. The molecule has 21 heavy (non-hydrogen) atoms. The van der Waals surface area contributed by atoms with Crippen molar-refractivity contribution in [2.45, 2.75) is 10.9 Å². The number of primary sulfonamides is 1. The van der Waals surface area contributed by atoms with Gasteiger partial charge in [0, 0.05) is 25.2 Å². The van der Waals surface area contributed by atoms with Crippen molar-refractivity contribution in [2.24, 2.45) is 5.14 Å². The summed E-state index contributed by atoms with van der Waals surface area (Å²) in [6.45, 7) is 1.70. The predicted molar refractivity (Wildman–Crippen MR) is 77.2 cm³/mol. The normalized spacial score (nSPS) is 20.5. The summed E-state index contributed by atoms with van der Waals surface area (Å²) in [5.41, 5.74) is 0.406. The van der Waals surface area contributed by atoms with Gasteiger partial charge in [0.1, 0.15) is 0 Å². The lowest BCUT2D eigenvalue weighted by Gasteiger charge is -2.38. The first-order valence-electron chi connectivity index (χ1n) is 6.56. The molecule has 8 heteroatoms. The van der Waals surface area contributed by atoms with Gasteiger partial charge < -0.3 is 10.0 Å². The number of rotatable bonds is 3. The topological polar surface area (TPSA) is 104 Å². The van der Waals surface area contributed by atoms with Crippen LogP contribution in [0.25, 0.3) is 0 Å². The van der Waals surface area contributed by atoms with Crippen LogP contribution in [-0.4, -0.2) is 68.6 Å². The third-order valence-corrected chi connectivity index (χ3v) is 4.63. The zero-order valence-electron chi connectivity index (χ0n) is 11.8. The monoisotopic (exact) mass is 313 g/mol. The van der Waals surface area contributed by atoms with Crippen LogP contribution < -0.4 is 5.14 Å². The van der Waals surface area contributed by atoms with E-state index in [1.165, 1.54) is 24.3 Å². The van der Waals surface area contributed by atoms with Crippen molar-refractivity contribution < 1.29 is 18.3 Å². The molecule has 1 amide bonds. The van der Waals surface area contributed by atoms with E-state index in [1.807, 2.05) is 11.9 Å². The van der Waals surface area contributed by atoms with E-state index in [-0.39, 0.29) is 23.5 Å². The molecule has 2 rings (SSSR count). The van der Waals surface area contributed by atoms with E-state index in [0.717, 1.165) is 0 Å². The van der Waals surface area contributed by atoms with Gasteiger partial charge in [-0.25, -0.2) is 13.6 Å². The van der Waals surface area contributed by atoms with E-state index >= 15 is 0 Å². The molecule has 0 radical (unpaired) electrons. The molecule has 0 aliphatic carbocycles. The number of amides is 1. The van der Waals surface area contributed by atoms with Crippen molar-refractivity contribution in [3.05, 3.63) is 29.8 Å². The maximum absolute atomic E-state index is 12.4. The summed E-state index contributed by atoms with van der Waals surface area (Å²) >= 11 is 0. The summed E-state index contributed by atoms with van der Waals surface area (Å²) < 4.78 is 22.4. The molecule has 1 aromatic rings. The predicted octanol–water partition coefficient (Wildman–Crippen LogP) is -0.917. The highest BCUT2D eigenvalue weighted by Gasteiger charge is 2.27. The van der Waals surface area contributed by atoms with Crippen LogP contribution in [0.5, 0.6) is 0 Å². The number of likely N-dealkylation sites (N-methyl/N-ethyl adjacent to an activating group) is 1. The number of nitrogens with zero attached hydrogens (tertiary/aromatic N) is 2. The van der Waals surface area contributed by atoms with E-state index in [1.54, 1.807) is 4.90 Å². The molecule has 0 saturated carbocycles. The van der Waals surface area contributed by atoms with E-state index in [4.69, 9.17) is 5.14 Å². The molecule has 1 aliphatic rings. The van der Waals surface area contributed by atoms with E-state index in [2.05, 4.69) is 0 Å². The van der Waals surface area contributed by atoms with Gasteiger partial charge in [0.2, 0.25) is 10.0 Å². The number of aliphatic hydroxyl groups excluding tert-OH is 1. The molecule has 1 saturated heterocycles. The summed E-state index contributed by atoms with van der Waals surface area (Å²) in [4.78, 5) is 16.0. The summed E-state index contributed by atoms with van der Waals surface area (Å²) in [6, 6.07) is 5.47. The van der Waals surface area contributed by atoms with Crippen molar-refractivity contribution >= 4 is 15.9 Å². The molecule has 1 fully saturated rings. The Balaban J connectivity index is 2.13. The summed E-state index contributed by atoms with van der Waals surface area (Å²) in [6.07, 6.45) is 0. The smallest absolute Gasteiger partial charge is 0.253 e. The molecular formula is C13H19N3O4S. The number of carbonyl (C=O) groups is 1. The van der Waals surface area contributed by atoms with Crippen molar-refractivity contribution in [1.29, 1.82) is 0 Å². The Morgan fingerprint density at radius 2 is 1.95 bits per heavy atom. The number of sulfonamides is 1. The average Bonchev–Trinajstić information content (AvgIpc) is 2.46. The average molecular weight is 313 g/mol. The first-order valence-corrected chi connectivity index (χ1v) is 8.11. The maximum atomic E-state index is 12.4. The Bertz CT molecular complexity index is 615. The third-order valence-electron chi connectivity index (χ3n) is 3.70. The molecule has 0 spiro atoms. The van der Waals surface area contributed by atoms with Gasteiger partial charge in [0.25, 0.3) is 5.91 Å². The van der Waals surface area contributed by atoms with E-state index in [0.29, 0.717) is 25.2 Å². The van der Waals surface area contributed by atoms with Crippen LogP contribution in [0, 0.1) is 0 Å². The van der Waals surface area contributed by atoms with Crippen LogP contribution in [0.4, 0.5) is 0 Å². The van der Waals surface area contributed by atoms with Crippen LogP contribution in [0.1, 0.15) is 10.4 Å². The SMILES string of the molecule is CN1CCN(C(=O)c2ccc(S(N)(=O)=O)cc2)C[C@@H]1CO. The number of aliphatic hydroxyl groups is 1. The maximum Gasteiger partial charge on any atom is 0.253 e. The van der Waals surface area contributed by atoms with Gasteiger partial charge in [-0.2, -0.15) is 0 Å². The lowest BCUT2D eigenvalue weighted by Crippen LogP contribution is -2.54. The fourth-order valence-electron chi connectivity index (χ4n) is 2.30. The minimum absolute atomic E-state index is 0.00929. The summed E-state index contributed by atoms with van der Waals surface area (Å²) in [5.74, 6) is -0.178. The van der Waals surface area contributed by atoms with Gasteiger partial charge in [-0.1, -0.05) is 0 Å². The quantitative estimate of drug-likeness (QED) is 0.751. The van der Waals surface area contributed by atoms with Gasteiger partial charge in [0.15, 0.2) is 0 Å². The molecule has 0 bridgehead atoms. The number of nitrogens with two attached hydrogens (primary N) is 1. The third kappa shape index (κ3) is 3.59. The Hall–Kier alpha value is -1.48. The van der Waals surface area contributed by atoms with Gasteiger partial charge in [-0.15, -0.1) is 0 Å². The number of hydrogen-bond acceptors (Lipinski definition) is 5. The van der Waals surface area contributed by atoms with Gasteiger partial charge >= 0.3 is 0 Å². The number of benzene rings is 1. The number of carbonyl (C=O) groups excluding carboxylic acids is 1. The number of piperazine rings is 1. The van der Waals surface area contributed by atoms with Crippen LogP contribution in [0.2, 0.25) is 0 Å². The summed E-state index contributed by atoms with van der Waals surface area (Å²) in [7, 11) is -1.85. The standard InChI is InChI=1S/C13H19N3O4S/c1-15-6-7-16(8-11(15)9-17)13(18)10-2-4-12(5-3-10)21(14,19)20/h2-5,11,17H,6-9H2,1H3,(H2,14,19,20)/t11-/m1/s1. The van der Waals surface area contributed by atoms with E-state index < -0.39 is 10.0 Å². The van der Waals surface area contributed by atoms with Crippen LogP contribution >= 0.6 is 0 Å². The highest BCUT2D eigenvalue weighted by molar-refractivity contribution is 7.89. The zero-order chi connectivity index (χ0) is 15.6. The minimum Gasteiger partial charge on any atom is -0.395 e. The van der Waals surface area contributed by atoms with Gasteiger partial charge in [0.05, 0.1) is 17.5 Å². The first-order chi connectivity index (χ1) is 9.82.